The molecule has 1 amide bonds. The zero-order chi connectivity index (χ0) is 16.3. The van der Waals surface area contributed by atoms with Crippen LogP contribution < -0.4 is 4.74 Å². The van der Waals surface area contributed by atoms with Crippen LogP contribution in [0.4, 0.5) is 4.39 Å². The van der Waals surface area contributed by atoms with E-state index in [4.69, 9.17) is 9.84 Å². The maximum absolute atomic E-state index is 13.6. The van der Waals surface area contributed by atoms with Crippen molar-refractivity contribution in [2.24, 2.45) is 0 Å². The number of benzene rings is 1. The molecular weight excluding hydrogens is 293 g/mol. The van der Waals surface area contributed by atoms with Crippen LogP contribution in [-0.4, -0.2) is 52.8 Å². The number of carbonyl (C=O) groups excluding carboxylic acids is 1. The first kappa shape index (κ1) is 16.2. The van der Waals surface area contributed by atoms with E-state index in [0.717, 1.165) is 0 Å². The van der Waals surface area contributed by atoms with E-state index in [2.05, 4.69) is 0 Å². The quantitative estimate of drug-likeness (QED) is 0.859. The summed E-state index contributed by atoms with van der Waals surface area (Å²) >= 11 is 0. The van der Waals surface area contributed by atoms with Gasteiger partial charge in [0, 0.05) is 25.9 Å². The largest absolute Gasteiger partial charge is 0.494 e. The molecule has 0 atom stereocenters. The molecule has 22 heavy (non-hydrogen) atoms. The molecule has 0 aromatic heterocycles. The number of carboxylic acid groups (broad SMARTS) is 1. The Hall–Kier alpha value is -2.15. The highest BCUT2D eigenvalue weighted by Gasteiger charge is 2.40. The highest BCUT2D eigenvalue weighted by molar-refractivity contribution is 5.80. The summed E-state index contributed by atoms with van der Waals surface area (Å²) in [7, 11) is 1.36. The molecule has 1 aromatic carbocycles. The number of methoxy groups -OCH3 is 1. The van der Waals surface area contributed by atoms with Crippen LogP contribution >= 0.6 is 0 Å². The van der Waals surface area contributed by atoms with Crippen LogP contribution in [0.25, 0.3) is 0 Å². The van der Waals surface area contributed by atoms with E-state index in [1.807, 2.05) is 0 Å². The van der Waals surface area contributed by atoms with E-state index >= 15 is 0 Å². The van der Waals surface area contributed by atoms with Crippen molar-refractivity contribution in [3.63, 3.8) is 0 Å². The number of piperidine rings is 1. The van der Waals surface area contributed by atoms with E-state index < -0.39 is 17.4 Å². The fraction of sp³-hybridized carbons (Fsp3) is 0.467. The minimum absolute atomic E-state index is 0.00888. The van der Waals surface area contributed by atoms with Gasteiger partial charge in [-0.15, -0.1) is 0 Å². The number of ether oxygens (including phenoxy) is 1. The number of hydrogen-bond donors (Lipinski definition) is 2. The molecule has 2 rings (SSSR count). The van der Waals surface area contributed by atoms with Gasteiger partial charge in [-0.05, 0) is 17.7 Å². The normalized spacial score (nSPS) is 17.1. The first-order chi connectivity index (χ1) is 10.4. The Morgan fingerprint density at radius 1 is 1.36 bits per heavy atom. The molecule has 0 unspecified atom stereocenters. The molecule has 0 aliphatic carbocycles. The molecule has 2 N–H and O–H groups in total. The third-order valence-corrected chi connectivity index (χ3v) is 3.91. The number of aliphatic carboxylic acids is 1. The Bertz CT molecular complexity index is 581. The zero-order valence-corrected chi connectivity index (χ0v) is 12.2. The molecule has 6 nitrogen and oxygen atoms in total. The van der Waals surface area contributed by atoms with Gasteiger partial charge in [-0.1, -0.05) is 6.07 Å². The molecule has 0 bridgehead atoms. The summed E-state index contributed by atoms with van der Waals surface area (Å²) in [6.07, 6.45) is 0.00249. The number of amides is 1. The van der Waals surface area contributed by atoms with Crippen LogP contribution in [0.2, 0.25) is 0 Å². The highest BCUT2D eigenvalue weighted by atomic mass is 19.1. The lowest BCUT2D eigenvalue weighted by atomic mass is 9.91. The van der Waals surface area contributed by atoms with Crippen molar-refractivity contribution in [3.05, 3.63) is 29.6 Å². The summed E-state index contributed by atoms with van der Waals surface area (Å²) in [4.78, 5) is 24.6. The molecule has 120 valence electrons. The van der Waals surface area contributed by atoms with E-state index in [1.165, 1.54) is 24.1 Å². The number of rotatable bonds is 4. The van der Waals surface area contributed by atoms with Gasteiger partial charge in [0.1, 0.15) is 0 Å². The van der Waals surface area contributed by atoms with Gasteiger partial charge in [0.25, 0.3) is 0 Å². The lowest BCUT2D eigenvalue weighted by Gasteiger charge is -2.35. The topological polar surface area (TPSA) is 87.1 Å². The van der Waals surface area contributed by atoms with Crippen LogP contribution in [0.5, 0.6) is 5.75 Å². The van der Waals surface area contributed by atoms with Gasteiger partial charge in [0.2, 0.25) is 5.91 Å². The van der Waals surface area contributed by atoms with Crippen molar-refractivity contribution < 1.29 is 28.9 Å². The van der Waals surface area contributed by atoms with Gasteiger partial charge in [0.15, 0.2) is 17.2 Å². The lowest BCUT2D eigenvalue weighted by Crippen LogP contribution is -2.51. The first-order valence-electron chi connectivity index (χ1n) is 6.92. The lowest BCUT2D eigenvalue weighted by molar-refractivity contribution is -0.165. The van der Waals surface area contributed by atoms with Crippen molar-refractivity contribution in [1.82, 2.24) is 4.90 Å². The SMILES string of the molecule is COc1ccc(CC(=O)N2CCC(O)(C(=O)O)CC2)cc1F. The van der Waals surface area contributed by atoms with Gasteiger partial charge in [0.05, 0.1) is 13.5 Å². The Labute approximate surface area is 127 Å². The maximum Gasteiger partial charge on any atom is 0.335 e. The zero-order valence-electron chi connectivity index (χ0n) is 12.2. The molecule has 1 fully saturated rings. The monoisotopic (exact) mass is 311 g/mol. The Morgan fingerprint density at radius 2 is 2.00 bits per heavy atom. The summed E-state index contributed by atoms with van der Waals surface area (Å²) in [5.41, 5.74) is -1.24. The Balaban J connectivity index is 1.96. The van der Waals surface area contributed by atoms with Gasteiger partial charge in [-0.3, -0.25) is 4.79 Å². The standard InChI is InChI=1S/C15H18FNO5/c1-22-12-3-2-10(8-11(12)16)9-13(18)17-6-4-15(21,5-7-17)14(19)20/h2-3,8,21H,4-7,9H2,1H3,(H,19,20). The predicted molar refractivity (Wildman–Crippen MR) is 75.1 cm³/mol. The van der Waals surface area contributed by atoms with Crippen LogP contribution in [0.1, 0.15) is 18.4 Å². The predicted octanol–water partition coefficient (Wildman–Crippen LogP) is 0.815. The third kappa shape index (κ3) is 3.36. The summed E-state index contributed by atoms with van der Waals surface area (Å²) in [6.45, 7) is 0.334. The summed E-state index contributed by atoms with van der Waals surface area (Å²) in [5.74, 6) is -1.92. The second-order valence-electron chi connectivity index (χ2n) is 5.36. The van der Waals surface area contributed by atoms with Gasteiger partial charge in [-0.2, -0.15) is 0 Å². The van der Waals surface area contributed by atoms with Crippen LogP contribution in [0.15, 0.2) is 18.2 Å². The first-order valence-corrected chi connectivity index (χ1v) is 6.92. The minimum Gasteiger partial charge on any atom is -0.494 e. The number of carboxylic acids is 1. The van der Waals surface area contributed by atoms with Crippen LogP contribution in [0.3, 0.4) is 0 Å². The van der Waals surface area contributed by atoms with Crippen LogP contribution in [-0.2, 0) is 16.0 Å². The fourth-order valence-electron chi connectivity index (χ4n) is 2.45. The fourth-order valence-corrected chi connectivity index (χ4v) is 2.45. The molecule has 1 saturated heterocycles. The maximum atomic E-state index is 13.6. The molecular formula is C15H18FNO5. The number of halogens is 1. The van der Waals surface area contributed by atoms with Gasteiger partial charge >= 0.3 is 5.97 Å². The van der Waals surface area contributed by atoms with Crippen molar-refractivity contribution in [2.75, 3.05) is 20.2 Å². The molecule has 0 radical (unpaired) electrons. The second kappa shape index (κ2) is 6.31. The van der Waals surface area contributed by atoms with E-state index in [-0.39, 0.29) is 44.0 Å². The summed E-state index contributed by atoms with van der Waals surface area (Å²) in [5, 5.41) is 18.8. The van der Waals surface area contributed by atoms with E-state index in [1.54, 1.807) is 6.07 Å². The van der Waals surface area contributed by atoms with E-state index in [9.17, 15) is 19.1 Å². The smallest absolute Gasteiger partial charge is 0.335 e. The Kier molecular flexibility index (Phi) is 4.65. The van der Waals surface area contributed by atoms with Crippen molar-refractivity contribution >= 4 is 11.9 Å². The van der Waals surface area contributed by atoms with E-state index in [0.29, 0.717) is 5.56 Å². The average molecular weight is 311 g/mol. The molecule has 1 aliphatic heterocycles. The highest BCUT2D eigenvalue weighted by Crippen LogP contribution is 2.23. The molecule has 0 saturated carbocycles. The van der Waals surface area contributed by atoms with Crippen molar-refractivity contribution in [2.45, 2.75) is 24.9 Å². The number of carbonyl (C=O) groups is 2. The van der Waals surface area contributed by atoms with Crippen molar-refractivity contribution in [1.29, 1.82) is 0 Å². The summed E-state index contributed by atoms with van der Waals surface area (Å²) < 4.78 is 18.4. The van der Waals surface area contributed by atoms with Crippen LogP contribution in [0, 0.1) is 5.82 Å². The molecule has 1 aromatic rings. The minimum atomic E-state index is -1.76. The van der Waals surface area contributed by atoms with Gasteiger partial charge < -0.3 is 19.8 Å². The number of hydrogen-bond acceptors (Lipinski definition) is 4. The molecule has 1 heterocycles. The average Bonchev–Trinajstić information content (AvgIpc) is 2.48. The molecule has 7 heteroatoms. The van der Waals surface area contributed by atoms with Crippen molar-refractivity contribution in [3.8, 4) is 5.75 Å². The third-order valence-electron chi connectivity index (χ3n) is 3.91. The second-order valence-corrected chi connectivity index (χ2v) is 5.36. The number of likely N-dealkylation sites (tertiary alicyclic amines) is 1. The summed E-state index contributed by atoms with van der Waals surface area (Å²) in [6, 6.07) is 4.31. The molecule has 1 aliphatic rings. The number of nitrogens with zero attached hydrogens (tertiary/aromatic N) is 1. The number of aliphatic hydroxyl groups is 1. The van der Waals surface area contributed by atoms with Gasteiger partial charge in [-0.25, -0.2) is 9.18 Å². The molecule has 0 spiro atoms. The Morgan fingerprint density at radius 3 is 2.50 bits per heavy atom.